The van der Waals surface area contributed by atoms with Crippen LogP contribution in [0.2, 0.25) is 0 Å². The van der Waals surface area contributed by atoms with Gasteiger partial charge in [-0.25, -0.2) is 13.2 Å². The van der Waals surface area contributed by atoms with Crippen LogP contribution in [0.1, 0.15) is 42.1 Å². The summed E-state index contributed by atoms with van der Waals surface area (Å²) >= 11 is 0. The van der Waals surface area contributed by atoms with Gasteiger partial charge < -0.3 is 25.5 Å². The van der Waals surface area contributed by atoms with Gasteiger partial charge in [-0.3, -0.25) is 9.52 Å². The summed E-state index contributed by atoms with van der Waals surface area (Å²) in [4.78, 5) is 27.7. The number of nitrogens with one attached hydrogen (secondary N) is 2. The minimum absolute atomic E-state index is 0.116. The van der Waals surface area contributed by atoms with Crippen LogP contribution in [0, 0.1) is 5.92 Å². The Morgan fingerprint density at radius 1 is 1.10 bits per heavy atom. The van der Waals surface area contributed by atoms with E-state index < -0.39 is 27.6 Å². The maximum atomic E-state index is 13.2. The van der Waals surface area contributed by atoms with Crippen LogP contribution in [0.15, 0.2) is 74.8 Å². The maximum Gasteiger partial charge on any atom is 0.343 e. The van der Waals surface area contributed by atoms with E-state index in [0.717, 1.165) is 25.9 Å². The molecule has 1 saturated heterocycles. The Hall–Kier alpha value is -3.67. The lowest BCUT2D eigenvalue weighted by Crippen LogP contribution is -2.51. The highest BCUT2D eigenvalue weighted by molar-refractivity contribution is 7.92. The number of piperazine rings is 1. The molecule has 2 aromatic carbocycles. The number of nitrogens with two attached hydrogens (primary N) is 1. The molecular formula is C29H34N4O6S. The van der Waals surface area contributed by atoms with Gasteiger partial charge in [0.15, 0.2) is 0 Å². The van der Waals surface area contributed by atoms with Crippen molar-refractivity contribution in [1.29, 1.82) is 0 Å². The predicted octanol–water partition coefficient (Wildman–Crippen LogP) is 2.38. The monoisotopic (exact) mass is 566 g/mol. The first-order chi connectivity index (χ1) is 19.2. The van der Waals surface area contributed by atoms with Gasteiger partial charge in [0.25, 0.3) is 10.0 Å². The van der Waals surface area contributed by atoms with Gasteiger partial charge in [0.1, 0.15) is 11.5 Å². The highest BCUT2D eigenvalue weighted by Gasteiger charge is 2.37. The predicted molar refractivity (Wildman–Crippen MR) is 151 cm³/mol. The van der Waals surface area contributed by atoms with Crippen molar-refractivity contribution in [1.82, 2.24) is 10.2 Å². The zero-order valence-electron chi connectivity index (χ0n) is 22.1. The zero-order chi connectivity index (χ0) is 28.3. The lowest BCUT2D eigenvalue weighted by molar-refractivity contribution is -0.133. The summed E-state index contributed by atoms with van der Waals surface area (Å²) in [7, 11) is -3.79. The lowest BCUT2D eigenvalue weighted by atomic mass is 9.87. The van der Waals surface area contributed by atoms with Gasteiger partial charge in [-0.2, -0.15) is 0 Å². The first-order valence-electron chi connectivity index (χ1n) is 13.5. The first kappa shape index (κ1) is 27.9. The topological polar surface area (TPSA) is 155 Å². The average molecular weight is 567 g/mol. The van der Waals surface area contributed by atoms with E-state index >= 15 is 0 Å². The highest BCUT2D eigenvalue weighted by Crippen LogP contribution is 2.48. The Morgan fingerprint density at radius 2 is 1.82 bits per heavy atom. The van der Waals surface area contributed by atoms with Crippen LogP contribution in [0.4, 0.5) is 5.69 Å². The fourth-order valence-corrected chi connectivity index (χ4v) is 6.27. The fraction of sp³-hybridized carbons (Fsp3) is 0.379. The van der Waals surface area contributed by atoms with E-state index in [9.17, 15) is 23.1 Å². The molecule has 5 N–H and O–H groups in total. The second-order valence-electron chi connectivity index (χ2n) is 10.4. The number of sulfonamides is 1. The summed E-state index contributed by atoms with van der Waals surface area (Å²) in [5.41, 5.74) is 6.69. The van der Waals surface area contributed by atoms with Crippen molar-refractivity contribution in [3.8, 4) is 5.75 Å². The molecule has 1 aromatic heterocycles. The third-order valence-electron chi connectivity index (χ3n) is 7.42. The summed E-state index contributed by atoms with van der Waals surface area (Å²) in [6.07, 6.45) is 2.25. The highest BCUT2D eigenvalue weighted by atomic mass is 32.2. The normalized spacial score (nSPS) is 17.3. The number of benzene rings is 2. The third-order valence-corrected chi connectivity index (χ3v) is 8.82. The molecule has 40 heavy (non-hydrogen) atoms. The number of amides is 1. The number of aromatic hydroxyl groups is 1. The van der Waals surface area contributed by atoms with Crippen molar-refractivity contribution in [2.24, 2.45) is 11.7 Å². The molecule has 5 rings (SSSR count). The van der Waals surface area contributed by atoms with Crippen LogP contribution in [0.5, 0.6) is 5.75 Å². The van der Waals surface area contributed by atoms with Gasteiger partial charge in [0.05, 0.1) is 16.5 Å². The molecule has 1 aliphatic carbocycles. The molecule has 0 spiro atoms. The van der Waals surface area contributed by atoms with E-state index in [2.05, 4.69) is 10.0 Å². The molecule has 10 nitrogen and oxygen atoms in total. The molecule has 3 aromatic rings. The molecule has 2 aliphatic rings. The fourth-order valence-electron chi connectivity index (χ4n) is 5.20. The molecule has 2 atom stereocenters. The Balaban J connectivity index is 1.34. The van der Waals surface area contributed by atoms with Crippen molar-refractivity contribution in [2.45, 2.75) is 42.5 Å². The van der Waals surface area contributed by atoms with E-state index in [1.807, 2.05) is 6.07 Å². The maximum absolute atomic E-state index is 13.2. The van der Waals surface area contributed by atoms with Crippen molar-refractivity contribution in [2.75, 3.05) is 30.9 Å². The van der Waals surface area contributed by atoms with Crippen LogP contribution in [0.25, 0.3) is 0 Å². The van der Waals surface area contributed by atoms with Crippen LogP contribution < -0.4 is 21.4 Å². The molecule has 2 unspecified atom stereocenters. The quantitative estimate of drug-likeness (QED) is 0.292. The molecular weight excluding hydrogens is 532 g/mol. The van der Waals surface area contributed by atoms with Crippen LogP contribution in [-0.4, -0.2) is 56.6 Å². The number of hydrogen-bond acceptors (Lipinski definition) is 8. The van der Waals surface area contributed by atoms with E-state index in [4.69, 9.17) is 10.2 Å². The summed E-state index contributed by atoms with van der Waals surface area (Å²) in [5, 5.41) is 14.2. The summed E-state index contributed by atoms with van der Waals surface area (Å²) < 4.78 is 33.9. The smallest absolute Gasteiger partial charge is 0.343 e. The Bertz CT molecular complexity index is 1510. The third kappa shape index (κ3) is 6.38. The number of nitrogens with zero attached hydrogens (tertiary/aromatic N) is 1. The number of rotatable bonds is 10. The Morgan fingerprint density at radius 3 is 2.50 bits per heavy atom. The van der Waals surface area contributed by atoms with Gasteiger partial charge in [0, 0.05) is 50.3 Å². The number of carbonyl (C=O) groups is 1. The summed E-state index contributed by atoms with van der Waals surface area (Å²) in [6, 6.07) is 15.6. The first-order valence-corrected chi connectivity index (χ1v) is 15.0. The minimum Gasteiger partial charge on any atom is -0.507 e. The largest absolute Gasteiger partial charge is 0.507 e. The molecule has 2 heterocycles. The molecule has 11 heteroatoms. The zero-order valence-corrected chi connectivity index (χ0v) is 22.9. The number of carbonyl (C=O) groups excluding carboxylic acids is 1. The van der Waals surface area contributed by atoms with Gasteiger partial charge in [-0.15, -0.1) is 0 Å². The number of aryl methyl sites for hydroxylation is 1. The lowest BCUT2D eigenvalue weighted by Gasteiger charge is -2.29. The van der Waals surface area contributed by atoms with Crippen molar-refractivity contribution < 1.29 is 22.7 Å². The Labute approximate surface area is 233 Å². The Kier molecular flexibility index (Phi) is 8.24. The van der Waals surface area contributed by atoms with E-state index in [-0.39, 0.29) is 46.6 Å². The summed E-state index contributed by atoms with van der Waals surface area (Å²) in [5.74, 6) is -0.399. The molecule has 0 bridgehead atoms. The van der Waals surface area contributed by atoms with Crippen molar-refractivity contribution in [3.05, 3.63) is 88.0 Å². The van der Waals surface area contributed by atoms with Gasteiger partial charge in [-0.1, -0.05) is 30.3 Å². The number of anilines is 1. The SMILES string of the molecule is NC(CCc1cc(O)c(C(c2cccc(NS(=O)(=O)c3ccccc3)c2)C2CC2)c(=O)o1)C(=O)N1CCNCC1. The second kappa shape index (κ2) is 11.8. The van der Waals surface area contributed by atoms with Gasteiger partial charge in [0.2, 0.25) is 5.91 Å². The molecule has 212 valence electrons. The van der Waals surface area contributed by atoms with Gasteiger partial charge in [-0.05, 0) is 55.0 Å². The molecule has 0 radical (unpaired) electrons. The minimum atomic E-state index is -3.79. The van der Waals surface area contributed by atoms with Gasteiger partial charge >= 0.3 is 5.63 Å². The molecule has 2 fully saturated rings. The van der Waals surface area contributed by atoms with E-state index in [0.29, 0.717) is 24.3 Å². The van der Waals surface area contributed by atoms with E-state index in [1.54, 1.807) is 41.3 Å². The standard InChI is InChI=1S/C29H34N4O6S/c30-24(28(35)33-15-13-31-14-16-33)12-11-22-18-25(34)27(29(36)39-22)26(19-9-10-19)20-5-4-6-21(17-20)32-40(37,38)23-7-2-1-3-8-23/h1-8,17-19,24,26,31-32,34H,9-16,30H2. The van der Waals surface area contributed by atoms with Crippen molar-refractivity contribution >= 4 is 21.6 Å². The number of hydrogen-bond donors (Lipinski definition) is 4. The second-order valence-corrected chi connectivity index (χ2v) is 12.1. The summed E-state index contributed by atoms with van der Waals surface area (Å²) in [6.45, 7) is 2.67. The van der Waals surface area contributed by atoms with Crippen LogP contribution >= 0.6 is 0 Å². The molecule has 1 amide bonds. The van der Waals surface area contributed by atoms with Crippen molar-refractivity contribution in [3.63, 3.8) is 0 Å². The average Bonchev–Trinajstić information content (AvgIpc) is 3.79. The molecule has 1 aliphatic heterocycles. The molecule has 1 saturated carbocycles. The van der Waals surface area contributed by atoms with E-state index in [1.165, 1.54) is 18.2 Å². The van der Waals surface area contributed by atoms with Crippen LogP contribution in [0.3, 0.4) is 0 Å². The van der Waals surface area contributed by atoms with Crippen LogP contribution in [-0.2, 0) is 21.2 Å².